The fourth-order valence-corrected chi connectivity index (χ4v) is 4.13. The number of primary amides is 1. The second-order valence-electron chi connectivity index (χ2n) is 5.14. The van der Waals surface area contributed by atoms with Crippen LogP contribution < -0.4 is 11.5 Å². The quantitative estimate of drug-likeness (QED) is 0.836. The molecule has 1 aromatic carbocycles. The first-order chi connectivity index (χ1) is 9.32. The smallest absolute Gasteiger partial charge is 0.248 e. The van der Waals surface area contributed by atoms with Crippen LogP contribution in [-0.2, 0) is 10.0 Å². The Morgan fingerprint density at radius 3 is 2.40 bits per heavy atom. The van der Waals surface area contributed by atoms with Gasteiger partial charge in [-0.1, -0.05) is 0 Å². The lowest BCUT2D eigenvalue weighted by molar-refractivity contribution is 0.1000. The minimum Gasteiger partial charge on any atom is -0.366 e. The summed E-state index contributed by atoms with van der Waals surface area (Å²) in [7, 11) is -3.55. The summed E-state index contributed by atoms with van der Waals surface area (Å²) in [5, 5.41) is 0. The number of piperidine rings is 1. The SMILES string of the molecule is CC1CC(N)CCN1S(=O)(=O)c1ccc(C(N)=O)cc1. The van der Waals surface area contributed by atoms with Crippen molar-refractivity contribution < 1.29 is 13.2 Å². The molecule has 1 aliphatic heterocycles. The van der Waals surface area contributed by atoms with E-state index in [0.717, 1.165) is 0 Å². The maximum Gasteiger partial charge on any atom is 0.248 e. The molecule has 1 fully saturated rings. The third kappa shape index (κ3) is 2.84. The molecule has 1 amide bonds. The van der Waals surface area contributed by atoms with E-state index in [-0.39, 0.29) is 22.5 Å². The maximum absolute atomic E-state index is 12.6. The fourth-order valence-electron chi connectivity index (χ4n) is 2.47. The second kappa shape index (κ2) is 5.51. The van der Waals surface area contributed by atoms with E-state index in [2.05, 4.69) is 0 Å². The summed E-state index contributed by atoms with van der Waals surface area (Å²) >= 11 is 0. The van der Waals surface area contributed by atoms with E-state index in [1.54, 1.807) is 0 Å². The summed E-state index contributed by atoms with van der Waals surface area (Å²) in [4.78, 5) is 11.2. The molecule has 0 aromatic heterocycles. The molecule has 0 radical (unpaired) electrons. The van der Waals surface area contributed by atoms with Gasteiger partial charge in [0.1, 0.15) is 0 Å². The van der Waals surface area contributed by atoms with Crippen LogP contribution in [0.5, 0.6) is 0 Å². The molecule has 2 atom stereocenters. The van der Waals surface area contributed by atoms with Gasteiger partial charge in [-0.25, -0.2) is 8.42 Å². The number of hydrogen-bond donors (Lipinski definition) is 2. The van der Waals surface area contributed by atoms with Gasteiger partial charge in [-0.15, -0.1) is 0 Å². The monoisotopic (exact) mass is 297 g/mol. The molecule has 110 valence electrons. The van der Waals surface area contributed by atoms with Crippen LogP contribution in [-0.4, -0.2) is 37.3 Å². The average Bonchev–Trinajstić information content (AvgIpc) is 2.38. The van der Waals surface area contributed by atoms with Crippen LogP contribution in [0, 0.1) is 0 Å². The minimum atomic E-state index is -3.55. The second-order valence-corrected chi connectivity index (χ2v) is 7.03. The molecule has 1 aromatic rings. The Kier molecular flexibility index (Phi) is 4.12. The lowest BCUT2D eigenvalue weighted by atomic mass is 10.0. The number of hydrogen-bond acceptors (Lipinski definition) is 4. The lowest BCUT2D eigenvalue weighted by Gasteiger charge is -2.35. The van der Waals surface area contributed by atoms with Crippen LogP contribution in [0.25, 0.3) is 0 Å². The first kappa shape index (κ1) is 15.0. The van der Waals surface area contributed by atoms with E-state index in [1.807, 2.05) is 6.92 Å². The minimum absolute atomic E-state index is 0.0497. The van der Waals surface area contributed by atoms with E-state index in [0.29, 0.717) is 19.4 Å². The zero-order valence-corrected chi connectivity index (χ0v) is 12.1. The summed E-state index contributed by atoms with van der Waals surface area (Å²) in [6.07, 6.45) is 1.31. The molecule has 0 aliphatic carbocycles. The van der Waals surface area contributed by atoms with Crippen LogP contribution in [0.3, 0.4) is 0 Å². The lowest BCUT2D eigenvalue weighted by Crippen LogP contribution is -2.48. The zero-order chi connectivity index (χ0) is 14.9. The number of rotatable bonds is 3. The van der Waals surface area contributed by atoms with Gasteiger partial charge in [-0.05, 0) is 44.0 Å². The molecule has 1 heterocycles. The molecule has 1 aliphatic rings. The first-order valence-corrected chi connectivity index (χ1v) is 7.93. The number of benzene rings is 1. The summed E-state index contributed by atoms with van der Waals surface area (Å²) in [5.74, 6) is -0.578. The van der Waals surface area contributed by atoms with Gasteiger partial charge in [0.25, 0.3) is 0 Å². The molecule has 1 saturated heterocycles. The highest BCUT2D eigenvalue weighted by Gasteiger charge is 2.33. The third-order valence-corrected chi connectivity index (χ3v) is 5.63. The fraction of sp³-hybridized carbons (Fsp3) is 0.462. The van der Waals surface area contributed by atoms with Crippen molar-refractivity contribution in [2.24, 2.45) is 11.5 Å². The van der Waals surface area contributed by atoms with Crippen LogP contribution >= 0.6 is 0 Å². The Morgan fingerprint density at radius 1 is 1.30 bits per heavy atom. The van der Waals surface area contributed by atoms with Crippen molar-refractivity contribution in [2.45, 2.75) is 36.7 Å². The summed E-state index contributed by atoms with van der Waals surface area (Å²) in [5.41, 5.74) is 11.3. The van der Waals surface area contributed by atoms with Crippen molar-refractivity contribution in [3.8, 4) is 0 Å². The number of nitrogens with two attached hydrogens (primary N) is 2. The highest BCUT2D eigenvalue weighted by Crippen LogP contribution is 2.24. The van der Waals surface area contributed by atoms with Crippen molar-refractivity contribution >= 4 is 15.9 Å². The highest BCUT2D eigenvalue weighted by molar-refractivity contribution is 7.89. The van der Waals surface area contributed by atoms with Crippen LogP contribution in [0.2, 0.25) is 0 Å². The summed E-state index contributed by atoms with van der Waals surface area (Å²) in [6, 6.07) is 5.60. The van der Waals surface area contributed by atoms with Crippen LogP contribution in [0.1, 0.15) is 30.1 Å². The van der Waals surface area contributed by atoms with E-state index in [4.69, 9.17) is 11.5 Å². The van der Waals surface area contributed by atoms with E-state index >= 15 is 0 Å². The molecular formula is C13H19N3O3S. The molecule has 6 nitrogen and oxygen atoms in total. The summed E-state index contributed by atoms with van der Waals surface area (Å²) in [6.45, 7) is 2.27. The molecular weight excluding hydrogens is 278 g/mol. The number of nitrogens with zero attached hydrogens (tertiary/aromatic N) is 1. The Hall–Kier alpha value is -1.44. The van der Waals surface area contributed by atoms with Crippen molar-refractivity contribution in [1.82, 2.24) is 4.31 Å². The van der Waals surface area contributed by atoms with Crippen molar-refractivity contribution in [3.63, 3.8) is 0 Å². The van der Waals surface area contributed by atoms with Gasteiger partial charge in [0.2, 0.25) is 15.9 Å². The molecule has 0 saturated carbocycles. The molecule has 2 unspecified atom stereocenters. The van der Waals surface area contributed by atoms with E-state index in [9.17, 15) is 13.2 Å². The third-order valence-electron chi connectivity index (χ3n) is 3.60. The summed E-state index contributed by atoms with van der Waals surface area (Å²) < 4.78 is 26.6. The van der Waals surface area contributed by atoms with Gasteiger partial charge in [-0.3, -0.25) is 4.79 Å². The van der Waals surface area contributed by atoms with Crippen molar-refractivity contribution in [3.05, 3.63) is 29.8 Å². The number of carbonyl (C=O) groups is 1. The highest BCUT2D eigenvalue weighted by atomic mass is 32.2. The average molecular weight is 297 g/mol. The van der Waals surface area contributed by atoms with Gasteiger partial charge < -0.3 is 11.5 Å². The van der Waals surface area contributed by atoms with E-state index < -0.39 is 15.9 Å². The van der Waals surface area contributed by atoms with Crippen LogP contribution in [0.4, 0.5) is 0 Å². The number of amides is 1. The Balaban J connectivity index is 2.28. The Labute approximate surface area is 118 Å². The normalized spacial score (nSPS) is 24.5. The molecule has 20 heavy (non-hydrogen) atoms. The Bertz CT molecular complexity index is 598. The topological polar surface area (TPSA) is 106 Å². The standard InChI is InChI=1S/C13H19N3O3S/c1-9-8-11(14)6-7-16(9)20(18,19)12-4-2-10(3-5-12)13(15)17/h2-5,9,11H,6-8,14H2,1H3,(H2,15,17). The number of sulfonamides is 1. The molecule has 7 heteroatoms. The Morgan fingerprint density at radius 2 is 1.90 bits per heavy atom. The van der Waals surface area contributed by atoms with E-state index in [1.165, 1.54) is 28.6 Å². The van der Waals surface area contributed by atoms with Crippen LogP contribution in [0.15, 0.2) is 29.2 Å². The van der Waals surface area contributed by atoms with Gasteiger partial charge in [0, 0.05) is 24.2 Å². The van der Waals surface area contributed by atoms with Gasteiger partial charge in [0.05, 0.1) is 4.90 Å². The molecule has 0 spiro atoms. The zero-order valence-electron chi connectivity index (χ0n) is 11.3. The van der Waals surface area contributed by atoms with Crippen molar-refractivity contribution in [1.29, 1.82) is 0 Å². The largest absolute Gasteiger partial charge is 0.366 e. The molecule has 4 N–H and O–H groups in total. The predicted octanol–water partition coefficient (Wildman–Crippen LogP) is 0.286. The van der Waals surface area contributed by atoms with Crippen molar-refractivity contribution in [2.75, 3.05) is 6.54 Å². The van der Waals surface area contributed by atoms with Gasteiger partial charge in [-0.2, -0.15) is 4.31 Å². The predicted molar refractivity (Wildman–Crippen MR) is 75.5 cm³/mol. The van der Waals surface area contributed by atoms with Gasteiger partial charge in [0.15, 0.2) is 0 Å². The molecule has 0 bridgehead atoms. The first-order valence-electron chi connectivity index (χ1n) is 6.49. The molecule has 2 rings (SSSR count). The van der Waals surface area contributed by atoms with Gasteiger partial charge >= 0.3 is 0 Å². The maximum atomic E-state index is 12.6. The number of carbonyl (C=O) groups excluding carboxylic acids is 1.